The summed E-state index contributed by atoms with van der Waals surface area (Å²) in [6.07, 6.45) is 0. The quantitative estimate of drug-likeness (QED) is 0.196. The Bertz CT molecular complexity index is 729. The summed E-state index contributed by atoms with van der Waals surface area (Å²) < 4.78 is 132. The van der Waals surface area contributed by atoms with Crippen LogP contribution >= 0.6 is 16.6 Å². The van der Waals surface area contributed by atoms with E-state index >= 15 is 0 Å². The van der Waals surface area contributed by atoms with Gasteiger partial charge >= 0.3 is 150 Å². The molecule has 134 valence electrons. The molecular weight excluding hydrogens is 605 g/mol. The van der Waals surface area contributed by atoms with Crippen molar-refractivity contribution in [1.29, 1.82) is 0 Å². The van der Waals surface area contributed by atoms with E-state index in [1.165, 1.54) is 0 Å². The van der Waals surface area contributed by atoms with E-state index in [2.05, 4.69) is 0 Å². The fourth-order valence-corrected chi connectivity index (χ4v) is 14.5. The van der Waals surface area contributed by atoms with Crippen molar-refractivity contribution >= 4 is 37.9 Å². The maximum atomic E-state index is 13.4. The summed E-state index contributed by atoms with van der Waals surface area (Å²) in [5.74, 6) is -22.1. The van der Waals surface area contributed by atoms with Gasteiger partial charge in [0.15, 0.2) is 0 Å². The van der Waals surface area contributed by atoms with Gasteiger partial charge in [-0.2, -0.15) is 0 Å². The van der Waals surface area contributed by atoms with Crippen LogP contribution < -0.4 is 0 Å². The van der Waals surface area contributed by atoms with Gasteiger partial charge < -0.3 is 0 Å². The van der Waals surface area contributed by atoms with E-state index in [9.17, 15) is 43.9 Å². The van der Waals surface area contributed by atoms with Gasteiger partial charge in [0.05, 0.1) is 0 Å². The average molecular weight is 605 g/mol. The molecule has 0 unspecified atom stereocenters. The van der Waals surface area contributed by atoms with E-state index in [-0.39, 0.29) is 16.6 Å². The van der Waals surface area contributed by atoms with Crippen LogP contribution in [0.4, 0.5) is 43.9 Å². The fraction of sp³-hybridized carbons (Fsp3) is 0. The fourth-order valence-electron chi connectivity index (χ4n) is 1.45. The predicted molar refractivity (Wildman–Crippen MR) is 69.9 cm³/mol. The molecular formula is C12F10PbS2. The predicted octanol–water partition coefficient (Wildman–Crippen LogP) is 5.50. The Morgan fingerprint density at radius 2 is 0.560 bits per heavy atom. The third-order valence-corrected chi connectivity index (χ3v) is 15.0. The molecule has 0 saturated carbocycles. The van der Waals surface area contributed by atoms with Gasteiger partial charge in [-0.3, -0.25) is 0 Å². The van der Waals surface area contributed by atoms with E-state index in [4.69, 9.17) is 0 Å². The zero-order valence-electron chi connectivity index (χ0n) is 11.1. The molecule has 2 aromatic rings. The molecule has 0 bridgehead atoms. The summed E-state index contributed by atoms with van der Waals surface area (Å²) in [5.41, 5.74) is 0. The van der Waals surface area contributed by atoms with Crippen LogP contribution in [0.5, 0.6) is 0 Å². The molecule has 0 aromatic heterocycles. The number of rotatable bonds is 4. The van der Waals surface area contributed by atoms with Crippen molar-refractivity contribution in [3.63, 3.8) is 0 Å². The second kappa shape index (κ2) is 7.94. The molecule has 0 nitrogen and oxygen atoms in total. The van der Waals surface area contributed by atoms with Gasteiger partial charge in [0.25, 0.3) is 0 Å². The van der Waals surface area contributed by atoms with Crippen molar-refractivity contribution in [1.82, 2.24) is 0 Å². The van der Waals surface area contributed by atoms with Gasteiger partial charge in [-0.15, -0.1) is 0 Å². The molecule has 2 radical (unpaired) electrons. The van der Waals surface area contributed by atoms with Gasteiger partial charge in [-0.05, 0) is 0 Å². The Morgan fingerprint density at radius 1 is 0.360 bits per heavy atom. The van der Waals surface area contributed by atoms with Crippen molar-refractivity contribution in [3.8, 4) is 0 Å². The molecule has 0 aliphatic carbocycles. The van der Waals surface area contributed by atoms with Crippen LogP contribution in [-0.2, 0) is 0 Å². The summed E-state index contributed by atoms with van der Waals surface area (Å²) in [6.45, 7) is 0. The summed E-state index contributed by atoms with van der Waals surface area (Å²) in [4.78, 5) is -2.53. The van der Waals surface area contributed by atoms with E-state index in [0.29, 0.717) is 0 Å². The van der Waals surface area contributed by atoms with Crippen LogP contribution in [0.25, 0.3) is 0 Å². The summed E-state index contributed by atoms with van der Waals surface area (Å²) >= 11 is -2.75. The standard InChI is InChI=1S/2C6HF5S.Pb/c2*7-1-2(8)4(10)6(12)5(11)3(1)9;/h2*12H;/q;;+2/p-2. The number of benzene rings is 2. The molecule has 0 N–H and O–H groups in total. The molecule has 0 heterocycles. The van der Waals surface area contributed by atoms with Crippen LogP contribution in [0.15, 0.2) is 9.79 Å². The summed E-state index contributed by atoms with van der Waals surface area (Å²) in [5, 5.41) is 0. The normalized spacial score (nSPS) is 11.3. The first-order valence-electron chi connectivity index (χ1n) is 5.71. The second-order valence-corrected chi connectivity index (χ2v) is 16.6. The van der Waals surface area contributed by atoms with Crippen molar-refractivity contribution in [2.24, 2.45) is 0 Å². The van der Waals surface area contributed by atoms with Crippen molar-refractivity contribution in [2.45, 2.75) is 9.79 Å². The molecule has 2 aromatic carbocycles. The van der Waals surface area contributed by atoms with E-state index in [1.807, 2.05) is 0 Å². The van der Waals surface area contributed by atoms with Crippen molar-refractivity contribution in [2.75, 3.05) is 0 Å². The van der Waals surface area contributed by atoms with Crippen LogP contribution in [-0.4, -0.2) is 21.2 Å². The first-order valence-corrected chi connectivity index (χ1v) is 16.9. The Balaban J connectivity index is 2.29. The molecule has 0 atom stereocenters. The van der Waals surface area contributed by atoms with Crippen molar-refractivity contribution < 1.29 is 43.9 Å². The van der Waals surface area contributed by atoms with E-state index in [0.717, 1.165) is 0 Å². The minimum atomic E-state index is -2.75. The Morgan fingerprint density at radius 3 is 0.800 bits per heavy atom. The number of halogens is 10. The molecule has 0 saturated heterocycles. The molecule has 2 rings (SSSR count). The zero-order valence-corrected chi connectivity index (χ0v) is 16.6. The summed E-state index contributed by atoms with van der Waals surface area (Å²) in [7, 11) is 0.255. The van der Waals surface area contributed by atoms with Gasteiger partial charge in [-0.1, -0.05) is 0 Å². The Kier molecular flexibility index (Phi) is 6.56. The van der Waals surface area contributed by atoms with Crippen LogP contribution in [0.2, 0.25) is 0 Å². The number of hydrogen-bond donors (Lipinski definition) is 0. The first-order chi connectivity index (χ1) is 11.6. The van der Waals surface area contributed by atoms with E-state index in [1.54, 1.807) is 0 Å². The monoisotopic (exact) mass is 606 g/mol. The molecule has 0 fully saturated rings. The Labute approximate surface area is 149 Å². The van der Waals surface area contributed by atoms with Crippen LogP contribution in [0, 0.1) is 58.2 Å². The van der Waals surface area contributed by atoms with Gasteiger partial charge in [-0.25, -0.2) is 0 Å². The second-order valence-electron chi connectivity index (χ2n) is 4.09. The molecule has 13 heteroatoms. The molecule has 0 spiro atoms. The maximum absolute atomic E-state index is 13.4. The molecule has 0 aliphatic heterocycles. The third kappa shape index (κ3) is 3.74. The Hall–Kier alpha value is -0.638. The van der Waals surface area contributed by atoms with Gasteiger partial charge in [0.2, 0.25) is 0 Å². The first kappa shape index (κ1) is 20.7. The van der Waals surface area contributed by atoms with Gasteiger partial charge in [0, 0.05) is 0 Å². The van der Waals surface area contributed by atoms with Crippen LogP contribution in [0.3, 0.4) is 0 Å². The molecule has 0 amide bonds. The SMILES string of the molecule is Fc1c(F)c(F)c([S][Pb][S]c2c(F)c(F)c(F)c(F)c2F)c(F)c1F. The van der Waals surface area contributed by atoms with Gasteiger partial charge in [0.1, 0.15) is 0 Å². The topological polar surface area (TPSA) is 0 Å². The molecule has 25 heavy (non-hydrogen) atoms. The minimum absolute atomic E-state index is 0.128. The third-order valence-electron chi connectivity index (χ3n) is 2.63. The zero-order chi connectivity index (χ0) is 19.0. The average Bonchev–Trinajstić information content (AvgIpc) is 2.60. The van der Waals surface area contributed by atoms with Crippen molar-refractivity contribution in [3.05, 3.63) is 58.2 Å². The van der Waals surface area contributed by atoms with Crippen LogP contribution in [0.1, 0.15) is 0 Å². The summed E-state index contributed by atoms with van der Waals surface area (Å²) in [6, 6.07) is 0. The number of hydrogen-bond acceptors (Lipinski definition) is 2. The van der Waals surface area contributed by atoms with E-state index < -0.39 is 89.2 Å². The molecule has 0 aliphatic rings.